The van der Waals surface area contributed by atoms with Crippen molar-refractivity contribution < 1.29 is 0 Å². The highest BCUT2D eigenvalue weighted by atomic mass is 29.3. The molecular weight excluding hydrogens is 501 g/mol. The predicted molar refractivity (Wildman–Crippen MR) is 173 cm³/mol. The van der Waals surface area contributed by atoms with Crippen LogP contribution >= 0.6 is 0 Å². The van der Waals surface area contributed by atoms with E-state index in [2.05, 4.69) is 183 Å². The molecule has 0 saturated heterocycles. The molecule has 0 aliphatic heterocycles. The Morgan fingerprint density at radius 1 is 0.256 bits per heavy atom. The van der Waals surface area contributed by atoms with Crippen molar-refractivity contribution in [3.05, 3.63) is 181 Å². The molecule has 2 heteroatoms. The summed E-state index contributed by atoms with van der Waals surface area (Å²) in [4.78, 5) is 0. The van der Waals surface area contributed by atoms with E-state index in [0.29, 0.717) is 0 Å². The highest BCUT2D eigenvalue weighted by molar-refractivity contribution is 7.67. The van der Waals surface area contributed by atoms with Crippen molar-refractivity contribution in [1.29, 1.82) is 0 Å². The average Bonchev–Trinajstić information content (AvgIpc) is 3.03. The van der Waals surface area contributed by atoms with E-state index in [9.17, 15) is 0 Å². The Hall–Kier alpha value is -4.25. The maximum Gasteiger partial charge on any atom is 0.154 e. The summed E-state index contributed by atoms with van der Waals surface area (Å²) in [7, 11) is -5.61. The van der Waals surface area contributed by atoms with Gasteiger partial charge in [-0.05, 0) is 6.92 Å². The predicted octanol–water partition coefficient (Wildman–Crippen LogP) is 4.71. The molecule has 0 atom stereocenters. The fourth-order valence-corrected chi connectivity index (χ4v) is 26.1. The van der Waals surface area contributed by atoms with Crippen LogP contribution in [0.15, 0.2) is 176 Å². The molecule has 6 aromatic carbocycles. The zero-order valence-corrected chi connectivity index (χ0v) is 24.2. The highest BCUT2D eigenvalue weighted by Gasteiger charge is 2.61. The summed E-state index contributed by atoms with van der Waals surface area (Å²) >= 11 is 0. The fraction of sp³-hybridized carbons (Fsp3) is 0.0270. The van der Waals surface area contributed by atoms with E-state index in [1.807, 2.05) is 0 Å². The molecule has 0 aliphatic rings. The lowest BCUT2D eigenvalue weighted by Gasteiger charge is -2.50. The number of hydrogen-bond acceptors (Lipinski definition) is 0. The topological polar surface area (TPSA) is 0 Å². The monoisotopic (exact) mass is 532 g/mol. The molecule has 0 bridgehead atoms. The van der Waals surface area contributed by atoms with Crippen molar-refractivity contribution in [3.63, 3.8) is 0 Å². The summed E-state index contributed by atoms with van der Waals surface area (Å²) in [6, 6.07) is 66.5. The summed E-state index contributed by atoms with van der Waals surface area (Å²) in [5.41, 5.74) is 1.29. The van der Waals surface area contributed by atoms with Gasteiger partial charge in [0.1, 0.15) is 0 Å². The molecule has 188 valence electrons. The first-order valence-corrected chi connectivity index (χ1v) is 18.6. The van der Waals surface area contributed by atoms with Crippen LogP contribution in [-0.2, 0) is 0 Å². The summed E-state index contributed by atoms with van der Waals surface area (Å²) in [6.07, 6.45) is 0. The molecule has 0 heterocycles. The van der Waals surface area contributed by atoms with Gasteiger partial charge >= 0.3 is 0 Å². The Morgan fingerprint density at radius 2 is 0.462 bits per heavy atom. The molecule has 0 radical (unpaired) electrons. The third kappa shape index (κ3) is 4.13. The minimum Gasteiger partial charge on any atom is -0.0624 e. The molecule has 6 rings (SSSR count). The van der Waals surface area contributed by atoms with Gasteiger partial charge in [0.25, 0.3) is 0 Å². The first-order chi connectivity index (χ1) is 19.3. The first kappa shape index (κ1) is 25.1. The van der Waals surface area contributed by atoms with E-state index in [-0.39, 0.29) is 0 Å². The van der Waals surface area contributed by atoms with Gasteiger partial charge in [0.2, 0.25) is 0 Å². The van der Waals surface area contributed by atoms with Gasteiger partial charge in [-0.1, -0.05) is 213 Å². The second kappa shape index (κ2) is 10.9. The Bertz CT molecular complexity index is 1480. The summed E-state index contributed by atoms with van der Waals surface area (Å²) in [6.45, 7) is 2.19. The van der Waals surface area contributed by atoms with Crippen LogP contribution in [-0.4, -0.2) is 15.2 Å². The maximum absolute atomic E-state index is 2.81. The normalized spacial score (nSPS) is 11.7. The zero-order chi connectivity index (χ0) is 26.5. The Morgan fingerprint density at radius 3 is 0.692 bits per heavy atom. The molecule has 0 aromatic heterocycles. The van der Waals surface area contributed by atoms with Crippen LogP contribution in [0, 0.1) is 6.92 Å². The van der Waals surface area contributed by atoms with Crippen molar-refractivity contribution >= 4 is 46.3 Å². The van der Waals surface area contributed by atoms with E-state index in [1.165, 1.54) is 36.7 Å². The van der Waals surface area contributed by atoms with E-state index >= 15 is 0 Å². The zero-order valence-electron chi connectivity index (χ0n) is 22.2. The largest absolute Gasteiger partial charge is 0.154 e. The van der Waals surface area contributed by atoms with E-state index in [1.54, 1.807) is 0 Å². The van der Waals surface area contributed by atoms with Crippen molar-refractivity contribution in [2.75, 3.05) is 0 Å². The third-order valence-corrected chi connectivity index (χ3v) is 25.0. The standard InChI is InChI=1S/C37H32Si2/c1-31-27-29-37(30-28-31)39(35-23-13-5-14-24-35,36-25-15-6-16-26-36)38(32-17-7-2-8-18-32,33-19-9-3-10-20-33)34-21-11-4-12-22-34/h2-30H,1H3. The second-order valence-corrected chi connectivity index (χ2v) is 21.2. The number of hydrogen-bond donors (Lipinski definition) is 0. The molecular formula is C37H32Si2. The van der Waals surface area contributed by atoms with Crippen LogP contribution in [0.4, 0.5) is 0 Å². The van der Waals surface area contributed by atoms with Crippen LogP contribution in [0.2, 0.25) is 0 Å². The summed E-state index contributed by atoms with van der Waals surface area (Å²) in [5.74, 6) is 0. The van der Waals surface area contributed by atoms with Crippen molar-refractivity contribution in [1.82, 2.24) is 0 Å². The lowest BCUT2D eigenvalue weighted by atomic mass is 10.2. The van der Waals surface area contributed by atoms with Gasteiger partial charge in [0, 0.05) is 0 Å². The minimum atomic E-state index is -2.81. The molecule has 0 fully saturated rings. The molecule has 0 aliphatic carbocycles. The average molecular weight is 533 g/mol. The smallest absolute Gasteiger partial charge is 0.0624 e. The van der Waals surface area contributed by atoms with Gasteiger partial charge in [0.15, 0.2) is 15.2 Å². The van der Waals surface area contributed by atoms with Crippen molar-refractivity contribution in [3.8, 4) is 0 Å². The number of benzene rings is 6. The molecule has 0 unspecified atom stereocenters. The molecule has 0 nitrogen and oxygen atoms in total. The number of aryl methyl sites for hydroxylation is 1. The Balaban J connectivity index is 1.93. The SMILES string of the molecule is Cc1ccc([Si](c2ccccc2)(c2ccccc2)[Si](c2ccccc2)(c2ccccc2)c2ccccc2)cc1. The Kier molecular flexibility index (Phi) is 6.97. The van der Waals surface area contributed by atoms with Crippen LogP contribution in [0.25, 0.3) is 0 Å². The lowest BCUT2D eigenvalue weighted by Crippen LogP contribution is -2.94. The van der Waals surface area contributed by atoms with Gasteiger partial charge in [-0.15, -0.1) is 0 Å². The minimum absolute atomic E-state index is 1.29. The van der Waals surface area contributed by atoms with Gasteiger partial charge in [-0.25, -0.2) is 0 Å². The fourth-order valence-electron chi connectivity index (χ4n) is 6.54. The van der Waals surface area contributed by atoms with Gasteiger partial charge in [0.05, 0.1) is 0 Å². The maximum atomic E-state index is 2.43. The second-order valence-electron chi connectivity index (χ2n) is 10.2. The first-order valence-electron chi connectivity index (χ1n) is 13.6. The van der Waals surface area contributed by atoms with Crippen molar-refractivity contribution in [2.45, 2.75) is 6.92 Å². The van der Waals surface area contributed by atoms with Gasteiger partial charge in [-0.2, -0.15) is 0 Å². The lowest BCUT2D eigenvalue weighted by molar-refractivity contribution is 1.49. The molecule has 39 heavy (non-hydrogen) atoms. The molecule has 6 aromatic rings. The summed E-state index contributed by atoms with van der Waals surface area (Å²) in [5, 5.41) is 8.69. The van der Waals surface area contributed by atoms with Crippen LogP contribution in [0.5, 0.6) is 0 Å². The summed E-state index contributed by atoms with van der Waals surface area (Å²) < 4.78 is 0. The van der Waals surface area contributed by atoms with E-state index in [4.69, 9.17) is 0 Å². The molecule has 0 saturated carbocycles. The van der Waals surface area contributed by atoms with E-state index < -0.39 is 15.2 Å². The third-order valence-electron chi connectivity index (χ3n) is 8.08. The van der Waals surface area contributed by atoms with E-state index in [0.717, 1.165) is 0 Å². The van der Waals surface area contributed by atoms with Gasteiger partial charge in [-0.3, -0.25) is 0 Å². The quantitative estimate of drug-likeness (QED) is 0.206. The molecule has 0 spiro atoms. The number of rotatable bonds is 7. The van der Waals surface area contributed by atoms with Crippen LogP contribution in [0.3, 0.4) is 0 Å². The van der Waals surface area contributed by atoms with Crippen LogP contribution < -0.4 is 31.1 Å². The van der Waals surface area contributed by atoms with Gasteiger partial charge < -0.3 is 0 Å². The Labute approximate surface area is 234 Å². The van der Waals surface area contributed by atoms with Crippen LogP contribution in [0.1, 0.15) is 5.56 Å². The molecule has 0 amide bonds. The molecule has 0 N–H and O–H groups in total. The van der Waals surface area contributed by atoms with Crippen molar-refractivity contribution in [2.24, 2.45) is 0 Å². The highest BCUT2D eigenvalue weighted by Crippen LogP contribution is 2.23.